The molecule has 0 aliphatic heterocycles. The van der Waals surface area contributed by atoms with Crippen molar-refractivity contribution in [3.63, 3.8) is 0 Å². The molecule has 0 aromatic rings. The van der Waals surface area contributed by atoms with Gasteiger partial charge in [0.05, 0.1) is 0 Å². The SMILES string of the molecule is CCC1(C)C=C(C)C(C)=CC1. The van der Waals surface area contributed by atoms with E-state index in [0.29, 0.717) is 5.41 Å². The lowest BCUT2D eigenvalue weighted by Crippen LogP contribution is -2.14. The van der Waals surface area contributed by atoms with Crippen molar-refractivity contribution < 1.29 is 0 Å². The molecule has 0 radical (unpaired) electrons. The van der Waals surface area contributed by atoms with E-state index < -0.39 is 0 Å². The van der Waals surface area contributed by atoms with E-state index in [0.717, 1.165) is 0 Å². The van der Waals surface area contributed by atoms with Crippen LogP contribution in [0.1, 0.15) is 40.5 Å². The van der Waals surface area contributed by atoms with Crippen LogP contribution in [0, 0.1) is 5.41 Å². The van der Waals surface area contributed by atoms with E-state index in [1.54, 1.807) is 0 Å². The van der Waals surface area contributed by atoms with Gasteiger partial charge in [-0.25, -0.2) is 0 Å². The summed E-state index contributed by atoms with van der Waals surface area (Å²) in [6.45, 7) is 9.00. The van der Waals surface area contributed by atoms with Gasteiger partial charge in [-0.3, -0.25) is 0 Å². The van der Waals surface area contributed by atoms with Gasteiger partial charge in [0, 0.05) is 0 Å². The zero-order chi connectivity index (χ0) is 8.48. The Morgan fingerprint density at radius 2 is 2.00 bits per heavy atom. The summed E-state index contributed by atoms with van der Waals surface area (Å²) in [4.78, 5) is 0. The molecule has 0 aromatic carbocycles. The van der Waals surface area contributed by atoms with Crippen molar-refractivity contribution in [2.75, 3.05) is 0 Å². The molecule has 0 saturated heterocycles. The normalized spacial score (nSPS) is 31.3. The van der Waals surface area contributed by atoms with Gasteiger partial charge < -0.3 is 0 Å². The first-order chi connectivity index (χ1) is 5.07. The first-order valence-electron chi connectivity index (χ1n) is 4.44. The number of allylic oxidation sites excluding steroid dienone is 4. The summed E-state index contributed by atoms with van der Waals surface area (Å²) in [6.07, 6.45) is 7.24. The molecular weight excluding hydrogens is 132 g/mol. The van der Waals surface area contributed by atoms with Crippen LogP contribution in [-0.2, 0) is 0 Å². The lowest BCUT2D eigenvalue weighted by molar-refractivity contribution is 0.409. The molecule has 0 saturated carbocycles. The molecule has 0 fully saturated rings. The molecule has 1 rings (SSSR count). The van der Waals surface area contributed by atoms with Gasteiger partial charge in [0.15, 0.2) is 0 Å². The van der Waals surface area contributed by atoms with Crippen LogP contribution in [0.5, 0.6) is 0 Å². The van der Waals surface area contributed by atoms with E-state index >= 15 is 0 Å². The van der Waals surface area contributed by atoms with Gasteiger partial charge in [-0.2, -0.15) is 0 Å². The molecule has 0 aromatic heterocycles. The van der Waals surface area contributed by atoms with E-state index in [-0.39, 0.29) is 0 Å². The Bertz CT molecular complexity index is 208. The summed E-state index contributed by atoms with van der Waals surface area (Å²) >= 11 is 0. The Morgan fingerprint density at radius 3 is 2.45 bits per heavy atom. The summed E-state index contributed by atoms with van der Waals surface area (Å²) in [6, 6.07) is 0. The van der Waals surface area contributed by atoms with Crippen molar-refractivity contribution in [2.24, 2.45) is 5.41 Å². The predicted molar refractivity (Wildman–Crippen MR) is 50.5 cm³/mol. The van der Waals surface area contributed by atoms with Gasteiger partial charge in [0.2, 0.25) is 0 Å². The zero-order valence-electron chi connectivity index (χ0n) is 8.07. The van der Waals surface area contributed by atoms with E-state index in [1.165, 1.54) is 24.0 Å². The summed E-state index contributed by atoms with van der Waals surface area (Å²) in [5.41, 5.74) is 3.35. The molecule has 62 valence electrons. The van der Waals surface area contributed by atoms with Crippen LogP contribution in [0.25, 0.3) is 0 Å². The fourth-order valence-corrected chi connectivity index (χ4v) is 1.49. The largest absolute Gasteiger partial charge is 0.0805 e. The Labute approximate surface area is 70.0 Å². The van der Waals surface area contributed by atoms with Gasteiger partial charge in [-0.1, -0.05) is 37.1 Å². The Hall–Kier alpha value is -0.520. The van der Waals surface area contributed by atoms with Crippen LogP contribution in [-0.4, -0.2) is 0 Å². The third-order valence-corrected chi connectivity index (χ3v) is 2.87. The summed E-state index contributed by atoms with van der Waals surface area (Å²) in [7, 11) is 0. The fraction of sp³-hybridized carbons (Fsp3) is 0.636. The van der Waals surface area contributed by atoms with Crippen LogP contribution < -0.4 is 0 Å². The maximum atomic E-state index is 2.42. The van der Waals surface area contributed by atoms with Crippen LogP contribution in [0.2, 0.25) is 0 Å². The first-order valence-corrected chi connectivity index (χ1v) is 4.44. The summed E-state index contributed by atoms with van der Waals surface area (Å²) in [5, 5.41) is 0. The quantitative estimate of drug-likeness (QED) is 0.534. The molecule has 0 heterocycles. The topological polar surface area (TPSA) is 0 Å². The second kappa shape index (κ2) is 2.84. The summed E-state index contributed by atoms with van der Waals surface area (Å²) < 4.78 is 0. The van der Waals surface area contributed by atoms with Crippen LogP contribution >= 0.6 is 0 Å². The second-order valence-electron chi connectivity index (χ2n) is 3.93. The highest BCUT2D eigenvalue weighted by Crippen LogP contribution is 2.35. The highest BCUT2D eigenvalue weighted by Gasteiger charge is 2.20. The maximum Gasteiger partial charge on any atom is -0.0109 e. The van der Waals surface area contributed by atoms with Crippen LogP contribution in [0.3, 0.4) is 0 Å². The van der Waals surface area contributed by atoms with Gasteiger partial charge in [0.1, 0.15) is 0 Å². The molecule has 0 heteroatoms. The van der Waals surface area contributed by atoms with Crippen molar-refractivity contribution in [2.45, 2.75) is 40.5 Å². The van der Waals surface area contributed by atoms with Gasteiger partial charge in [-0.05, 0) is 32.1 Å². The first kappa shape index (κ1) is 8.58. The van der Waals surface area contributed by atoms with E-state index in [9.17, 15) is 0 Å². The molecule has 1 aliphatic carbocycles. The van der Waals surface area contributed by atoms with Crippen molar-refractivity contribution in [3.8, 4) is 0 Å². The van der Waals surface area contributed by atoms with Gasteiger partial charge >= 0.3 is 0 Å². The van der Waals surface area contributed by atoms with E-state index in [2.05, 4.69) is 39.8 Å². The Morgan fingerprint density at radius 1 is 1.36 bits per heavy atom. The highest BCUT2D eigenvalue weighted by atomic mass is 14.3. The van der Waals surface area contributed by atoms with Crippen LogP contribution in [0.4, 0.5) is 0 Å². The lowest BCUT2D eigenvalue weighted by atomic mass is 9.77. The standard InChI is InChI=1S/C11H18/c1-5-11(4)7-6-9(2)10(3)8-11/h6,8H,5,7H2,1-4H3. The highest BCUT2D eigenvalue weighted by molar-refractivity contribution is 5.32. The maximum absolute atomic E-state index is 2.42. The molecule has 0 N–H and O–H groups in total. The predicted octanol–water partition coefficient (Wildman–Crippen LogP) is 3.70. The molecule has 1 atom stereocenters. The fourth-order valence-electron chi connectivity index (χ4n) is 1.49. The Balaban J connectivity index is 2.84. The minimum Gasteiger partial charge on any atom is -0.0805 e. The minimum absolute atomic E-state index is 0.434. The van der Waals surface area contributed by atoms with Crippen molar-refractivity contribution in [3.05, 3.63) is 23.3 Å². The molecule has 0 bridgehead atoms. The monoisotopic (exact) mass is 150 g/mol. The number of hydrogen-bond acceptors (Lipinski definition) is 0. The summed E-state index contributed by atoms with van der Waals surface area (Å²) in [5.74, 6) is 0. The van der Waals surface area contributed by atoms with Gasteiger partial charge in [-0.15, -0.1) is 0 Å². The molecule has 11 heavy (non-hydrogen) atoms. The number of rotatable bonds is 1. The number of hydrogen-bond donors (Lipinski definition) is 0. The van der Waals surface area contributed by atoms with E-state index in [1.807, 2.05) is 0 Å². The smallest absolute Gasteiger partial charge is 0.0109 e. The zero-order valence-corrected chi connectivity index (χ0v) is 8.07. The second-order valence-corrected chi connectivity index (χ2v) is 3.93. The van der Waals surface area contributed by atoms with Crippen molar-refractivity contribution >= 4 is 0 Å². The lowest BCUT2D eigenvalue weighted by Gasteiger charge is -2.28. The average Bonchev–Trinajstić information content (AvgIpc) is 1.98. The third-order valence-electron chi connectivity index (χ3n) is 2.87. The molecular formula is C11H18. The average molecular weight is 150 g/mol. The molecule has 0 amide bonds. The molecule has 0 spiro atoms. The Kier molecular flexibility index (Phi) is 2.22. The van der Waals surface area contributed by atoms with Crippen LogP contribution in [0.15, 0.2) is 23.3 Å². The molecule has 0 nitrogen and oxygen atoms in total. The van der Waals surface area contributed by atoms with E-state index in [4.69, 9.17) is 0 Å². The van der Waals surface area contributed by atoms with Crippen molar-refractivity contribution in [1.29, 1.82) is 0 Å². The molecule has 1 unspecified atom stereocenters. The van der Waals surface area contributed by atoms with Crippen molar-refractivity contribution in [1.82, 2.24) is 0 Å². The third kappa shape index (κ3) is 1.74. The molecule has 1 aliphatic rings. The van der Waals surface area contributed by atoms with Gasteiger partial charge in [0.25, 0.3) is 0 Å². The minimum atomic E-state index is 0.434.